The second-order valence-corrected chi connectivity index (χ2v) is 4.11. The third kappa shape index (κ3) is 4.86. The van der Waals surface area contributed by atoms with E-state index in [2.05, 4.69) is 10.7 Å². The second kappa shape index (κ2) is 6.15. The van der Waals surface area contributed by atoms with Gasteiger partial charge in [-0.25, -0.2) is 10.2 Å². The van der Waals surface area contributed by atoms with Gasteiger partial charge in [-0.15, -0.1) is 0 Å². The van der Waals surface area contributed by atoms with Gasteiger partial charge < -0.3 is 19.5 Å². The van der Waals surface area contributed by atoms with Gasteiger partial charge in [-0.3, -0.25) is 5.01 Å². The molecule has 2 N–H and O–H groups in total. The number of hydrazine groups is 1. The Hall–Kier alpha value is -0.890. The van der Waals surface area contributed by atoms with E-state index in [0.717, 1.165) is 13.2 Å². The molecule has 0 aromatic carbocycles. The highest BCUT2D eigenvalue weighted by Crippen LogP contribution is 2.11. The van der Waals surface area contributed by atoms with Crippen molar-refractivity contribution in [3.63, 3.8) is 0 Å². The third-order valence-corrected chi connectivity index (χ3v) is 2.53. The molecule has 0 saturated carbocycles. The summed E-state index contributed by atoms with van der Waals surface area (Å²) in [5.74, 6) is 0. The van der Waals surface area contributed by atoms with Crippen molar-refractivity contribution in [3.05, 3.63) is 0 Å². The summed E-state index contributed by atoms with van der Waals surface area (Å²) in [5.41, 5.74) is 3.06. The number of hydrogen-bond acceptors (Lipinski definition) is 5. The molecular weight excluding hydrogens is 226 g/mol. The molecule has 2 aliphatic rings. The minimum absolute atomic E-state index is 0.154. The largest absolute Gasteiger partial charge is 0.383 e. The first kappa shape index (κ1) is 12.6. The van der Waals surface area contributed by atoms with Crippen molar-refractivity contribution in [1.29, 1.82) is 0 Å². The Morgan fingerprint density at radius 3 is 2.71 bits per heavy atom. The van der Waals surface area contributed by atoms with Crippen LogP contribution in [0.1, 0.15) is 0 Å². The molecule has 7 heteroatoms. The maximum Gasteiger partial charge on any atom is 0.331 e. The molecule has 0 aliphatic carbocycles. The SMILES string of the molecule is COCCNC(=O)N(CC1CO1)NCC1CO1. The van der Waals surface area contributed by atoms with Crippen molar-refractivity contribution in [2.75, 3.05) is 46.6 Å². The molecule has 98 valence electrons. The predicted octanol–water partition coefficient (Wildman–Crippen LogP) is -1.05. The second-order valence-electron chi connectivity index (χ2n) is 4.11. The summed E-state index contributed by atoms with van der Waals surface area (Å²) < 4.78 is 15.1. The zero-order chi connectivity index (χ0) is 12.1. The Morgan fingerprint density at radius 2 is 2.12 bits per heavy atom. The molecule has 2 saturated heterocycles. The molecule has 7 nitrogen and oxygen atoms in total. The van der Waals surface area contributed by atoms with Gasteiger partial charge in [0.2, 0.25) is 0 Å². The Balaban J connectivity index is 1.68. The van der Waals surface area contributed by atoms with E-state index in [1.54, 1.807) is 12.1 Å². The molecule has 2 unspecified atom stereocenters. The number of epoxide rings is 2. The lowest BCUT2D eigenvalue weighted by Gasteiger charge is -2.22. The zero-order valence-electron chi connectivity index (χ0n) is 9.98. The van der Waals surface area contributed by atoms with Crippen molar-refractivity contribution in [2.24, 2.45) is 0 Å². The maximum atomic E-state index is 11.8. The van der Waals surface area contributed by atoms with Crippen LogP contribution in [-0.4, -0.2) is 69.8 Å². The highest BCUT2D eigenvalue weighted by molar-refractivity contribution is 5.73. The van der Waals surface area contributed by atoms with E-state index in [4.69, 9.17) is 14.2 Å². The van der Waals surface area contributed by atoms with E-state index >= 15 is 0 Å². The number of carbonyl (C=O) groups excluding carboxylic acids is 1. The van der Waals surface area contributed by atoms with Crippen molar-refractivity contribution in [3.8, 4) is 0 Å². The number of amides is 2. The molecule has 17 heavy (non-hydrogen) atoms. The zero-order valence-corrected chi connectivity index (χ0v) is 9.98. The van der Waals surface area contributed by atoms with Gasteiger partial charge in [0.1, 0.15) is 6.10 Å². The van der Waals surface area contributed by atoms with Gasteiger partial charge in [0, 0.05) is 20.2 Å². The Bertz CT molecular complexity index is 256. The third-order valence-electron chi connectivity index (χ3n) is 2.53. The van der Waals surface area contributed by atoms with E-state index in [1.807, 2.05) is 0 Å². The lowest BCUT2D eigenvalue weighted by Crippen LogP contribution is -2.51. The van der Waals surface area contributed by atoms with Crippen LogP contribution in [0.3, 0.4) is 0 Å². The fourth-order valence-corrected chi connectivity index (χ4v) is 1.35. The molecule has 0 spiro atoms. The van der Waals surface area contributed by atoms with E-state index in [0.29, 0.717) is 26.2 Å². The van der Waals surface area contributed by atoms with Crippen molar-refractivity contribution < 1.29 is 19.0 Å². The summed E-state index contributed by atoms with van der Waals surface area (Å²) in [7, 11) is 1.60. The van der Waals surface area contributed by atoms with Crippen molar-refractivity contribution in [2.45, 2.75) is 12.2 Å². The van der Waals surface area contributed by atoms with Gasteiger partial charge in [0.05, 0.1) is 32.5 Å². The van der Waals surface area contributed by atoms with Crippen molar-refractivity contribution >= 4 is 6.03 Å². The van der Waals surface area contributed by atoms with Crippen LogP contribution in [0.2, 0.25) is 0 Å². The van der Waals surface area contributed by atoms with E-state index in [9.17, 15) is 4.79 Å². The molecule has 2 atom stereocenters. The fourth-order valence-electron chi connectivity index (χ4n) is 1.35. The monoisotopic (exact) mass is 245 g/mol. The molecule has 2 rings (SSSR count). The molecule has 0 bridgehead atoms. The number of nitrogens with zero attached hydrogens (tertiary/aromatic N) is 1. The first-order valence-corrected chi connectivity index (χ1v) is 5.80. The summed E-state index contributed by atoms with van der Waals surface area (Å²) in [6.07, 6.45) is 0.403. The highest BCUT2D eigenvalue weighted by atomic mass is 16.6. The fraction of sp³-hybridized carbons (Fsp3) is 0.900. The maximum absolute atomic E-state index is 11.8. The van der Waals surface area contributed by atoms with Crippen LogP contribution in [0.15, 0.2) is 0 Å². The molecule has 2 amide bonds. The molecule has 2 heterocycles. The predicted molar refractivity (Wildman–Crippen MR) is 59.5 cm³/mol. The van der Waals surface area contributed by atoms with Crippen LogP contribution >= 0.6 is 0 Å². The molecule has 2 fully saturated rings. The number of methoxy groups -OCH3 is 1. The average molecular weight is 245 g/mol. The summed E-state index contributed by atoms with van der Waals surface area (Å²) in [4.78, 5) is 11.8. The number of hydrogen-bond donors (Lipinski definition) is 2. The molecule has 0 aromatic heterocycles. The van der Waals surface area contributed by atoms with Gasteiger partial charge in [-0.1, -0.05) is 0 Å². The summed E-state index contributed by atoms with van der Waals surface area (Å²) >= 11 is 0. The standard InChI is InChI=1S/C10H19N3O4/c1-15-3-2-11-10(14)13(5-9-7-17-9)12-4-8-6-16-8/h8-9,12H,2-7H2,1H3,(H,11,14). The number of carbonyl (C=O) groups is 1. The Morgan fingerprint density at radius 1 is 1.41 bits per heavy atom. The average Bonchev–Trinajstić information content (AvgIpc) is 3.18. The molecular formula is C10H19N3O4. The van der Waals surface area contributed by atoms with E-state index < -0.39 is 0 Å². The number of ether oxygens (including phenoxy) is 3. The minimum Gasteiger partial charge on any atom is -0.383 e. The van der Waals surface area contributed by atoms with Gasteiger partial charge in [-0.05, 0) is 0 Å². The van der Waals surface area contributed by atoms with Gasteiger partial charge in [0.15, 0.2) is 0 Å². The quantitative estimate of drug-likeness (QED) is 0.324. The van der Waals surface area contributed by atoms with Gasteiger partial charge in [0.25, 0.3) is 0 Å². The Kier molecular flexibility index (Phi) is 4.55. The smallest absolute Gasteiger partial charge is 0.331 e. The number of urea groups is 1. The normalized spacial score (nSPS) is 25.5. The lowest BCUT2D eigenvalue weighted by atomic mass is 10.4. The van der Waals surface area contributed by atoms with Crippen LogP contribution in [0.25, 0.3) is 0 Å². The minimum atomic E-state index is -0.154. The molecule has 0 radical (unpaired) electrons. The Labute approximate surface area is 100 Å². The van der Waals surface area contributed by atoms with Crippen LogP contribution in [0.5, 0.6) is 0 Å². The summed E-state index contributed by atoms with van der Waals surface area (Å²) in [5, 5.41) is 4.31. The lowest BCUT2D eigenvalue weighted by molar-refractivity contribution is 0.152. The first-order valence-electron chi connectivity index (χ1n) is 5.80. The van der Waals surface area contributed by atoms with Crippen LogP contribution in [0, 0.1) is 0 Å². The summed E-state index contributed by atoms with van der Waals surface area (Å²) in [6.45, 7) is 3.72. The first-order chi connectivity index (χ1) is 8.29. The van der Waals surface area contributed by atoms with Crippen LogP contribution in [-0.2, 0) is 14.2 Å². The number of rotatable bonds is 8. The van der Waals surface area contributed by atoms with E-state index in [1.165, 1.54) is 0 Å². The number of nitrogens with one attached hydrogen (secondary N) is 2. The molecule has 2 aliphatic heterocycles. The van der Waals surface area contributed by atoms with Crippen molar-refractivity contribution in [1.82, 2.24) is 15.8 Å². The van der Waals surface area contributed by atoms with Crippen LogP contribution < -0.4 is 10.7 Å². The van der Waals surface area contributed by atoms with Gasteiger partial charge >= 0.3 is 6.03 Å². The highest BCUT2D eigenvalue weighted by Gasteiger charge is 2.30. The summed E-state index contributed by atoms with van der Waals surface area (Å²) in [6, 6.07) is -0.154. The topological polar surface area (TPSA) is 78.7 Å². The van der Waals surface area contributed by atoms with Gasteiger partial charge in [-0.2, -0.15) is 0 Å². The van der Waals surface area contributed by atoms with E-state index in [-0.39, 0.29) is 18.2 Å². The van der Waals surface area contributed by atoms with Crippen LogP contribution in [0.4, 0.5) is 4.79 Å². The molecule has 0 aromatic rings.